The van der Waals surface area contributed by atoms with Crippen LogP contribution in [0.3, 0.4) is 0 Å². The van der Waals surface area contributed by atoms with E-state index in [2.05, 4.69) is 57.3 Å². The van der Waals surface area contributed by atoms with E-state index in [-0.39, 0.29) is 0 Å². The molecular formula is C15H29N3. The van der Waals surface area contributed by atoms with Gasteiger partial charge in [0, 0.05) is 18.3 Å². The fraction of sp³-hybridized carbons (Fsp3) is 0.800. The summed E-state index contributed by atoms with van der Waals surface area (Å²) in [5.41, 5.74) is 1.22. The van der Waals surface area contributed by atoms with Gasteiger partial charge in [-0.2, -0.15) is 5.10 Å². The predicted molar refractivity (Wildman–Crippen MR) is 77.9 cm³/mol. The van der Waals surface area contributed by atoms with Crippen LogP contribution in [0.1, 0.15) is 59.2 Å². The molecule has 0 fully saturated rings. The molecule has 1 heterocycles. The third-order valence-electron chi connectivity index (χ3n) is 3.61. The van der Waals surface area contributed by atoms with Gasteiger partial charge in [0.2, 0.25) is 0 Å². The van der Waals surface area contributed by atoms with Crippen LogP contribution in [0.4, 0.5) is 0 Å². The van der Waals surface area contributed by atoms with Crippen LogP contribution in [0.5, 0.6) is 0 Å². The molecule has 0 amide bonds. The summed E-state index contributed by atoms with van der Waals surface area (Å²) >= 11 is 0. The van der Waals surface area contributed by atoms with Crippen molar-refractivity contribution in [3.8, 4) is 0 Å². The molecule has 1 aromatic heterocycles. The van der Waals surface area contributed by atoms with Gasteiger partial charge in [-0.1, -0.05) is 20.3 Å². The summed E-state index contributed by atoms with van der Waals surface area (Å²) in [4.78, 5) is 0. The zero-order valence-corrected chi connectivity index (χ0v) is 12.6. The Balaban J connectivity index is 2.55. The lowest BCUT2D eigenvalue weighted by atomic mass is 9.93. The molecule has 18 heavy (non-hydrogen) atoms. The Hall–Kier alpha value is -0.830. The first-order valence-electron chi connectivity index (χ1n) is 7.35. The molecule has 1 rings (SSSR count). The lowest BCUT2D eigenvalue weighted by Crippen LogP contribution is -2.35. The van der Waals surface area contributed by atoms with E-state index in [1.54, 1.807) is 0 Å². The van der Waals surface area contributed by atoms with Crippen LogP contribution in [0.2, 0.25) is 0 Å². The molecule has 3 nitrogen and oxygen atoms in total. The molecule has 0 aromatic carbocycles. The lowest BCUT2D eigenvalue weighted by molar-refractivity contribution is 0.358. The largest absolute Gasteiger partial charge is 0.314 e. The van der Waals surface area contributed by atoms with E-state index >= 15 is 0 Å². The summed E-state index contributed by atoms with van der Waals surface area (Å²) in [7, 11) is 0. The molecule has 1 aromatic rings. The molecule has 2 unspecified atom stereocenters. The van der Waals surface area contributed by atoms with Gasteiger partial charge in [0.1, 0.15) is 0 Å². The standard InChI is InChI=1S/C15H29N3/c1-6-9-16-13(5)14(7-2)11-15-8-10-18(17-15)12(3)4/h8,10,12-14,16H,6-7,9,11H2,1-5H3. The molecule has 0 radical (unpaired) electrons. The van der Waals surface area contributed by atoms with Crippen molar-refractivity contribution in [1.29, 1.82) is 0 Å². The normalized spacial score (nSPS) is 15.0. The summed E-state index contributed by atoms with van der Waals surface area (Å²) in [5, 5.41) is 8.25. The second kappa shape index (κ2) is 7.57. The molecular weight excluding hydrogens is 222 g/mol. The Kier molecular flexibility index (Phi) is 6.41. The number of hydrogen-bond acceptors (Lipinski definition) is 2. The fourth-order valence-corrected chi connectivity index (χ4v) is 2.26. The van der Waals surface area contributed by atoms with Gasteiger partial charge >= 0.3 is 0 Å². The van der Waals surface area contributed by atoms with E-state index in [0.29, 0.717) is 18.0 Å². The molecule has 0 aliphatic heterocycles. The van der Waals surface area contributed by atoms with E-state index in [1.165, 1.54) is 18.5 Å². The lowest BCUT2D eigenvalue weighted by Gasteiger charge is -2.23. The van der Waals surface area contributed by atoms with Gasteiger partial charge in [-0.15, -0.1) is 0 Å². The number of aromatic nitrogens is 2. The monoisotopic (exact) mass is 251 g/mol. The van der Waals surface area contributed by atoms with Crippen LogP contribution in [0.15, 0.2) is 12.3 Å². The molecule has 0 spiro atoms. The maximum atomic E-state index is 4.65. The van der Waals surface area contributed by atoms with Crippen LogP contribution < -0.4 is 5.32 Å². The third-order valence-corrected chi connectivity index (χ3v) is 3.61. The van der Waals surface area contributed by atoms with Crippen LogP contribution in [-0.2, 0) is 6.42 Å². The zero-order valence-electron chi connectivity index (χ0n) is 12.6. The zero-order chi connectivity index (χ0) is 13.5. The fourth-order valence-electron chi connectivity index (χ4n) is 2.26. The average molecular weight is 251 g/mol. The highest BCUT2D eigenvalue weighted by atomic mass is 15.3. The van der Waals surface area contributed by atoms with Crippen LogP contribution in [-0.4, -0.2) is 22.4 Å². The van der Waals surface area contributed by atoms with Crippen molar-refractivity contribution >= 4 is 0 Å². The molecule has 2 atom stereocenters. The topological polar surface area (TPSA) is 29.9 Å². The second-order valence-electron chi connectivity index (χ2n) is 5.50. The van der Waals surface area contributed by atoms with Crippen molar-refractivity contribution in [3.05, 3.63) is 18.0 Å². The van der Waals surface area contributed by atoms with Gasteiger partial charge in [-0.05, 0) is 52.1 Å². The van der Waals surface area contributed by atoms with E-state index in [1.807, 2.05) is 4.68 Å². The molecule has 1 N–H and O–H groups in total. The van der Waals surface area contributed by atoms with Gasteiger partial charge in [0.15, 0.2) is 0 Å². The molecule has 0 aliphatic carbocycles. The number of nitrogens with one attached hydrogen (secondary N) is 1. The minimum absolute atomic E-state index is 0.453. The number of hydrogen-bond donors (Lipinski definition) is 1. The highest BCUT2D eigenvalue weighted by Crippen LogP contribution is 2.16. The van der Waals surface area contributed by atoms with E-state index in [4.69, 9.17) is 0 Å². The van der Waals surface area contributed by atoms with Crippen molar-refractivity contribution in [2.45, 2.75) is 66.0 Å². The molecule has 104 valence electrons. The van der Waals surface area contributed by atoms with E-state index in [9.17, 15) is 0 Å². The molecule has 0 saturated heterocycles. The van der Waals surface area contributed by atoms with Crippen LogP contribution in [0.25, 0.3) is 0 Å². The van der Waals surface area contributed by atoms with Crippen LogP contribution in [0, 0.1) is 5.92 Å². The smallest absolute Gasteiger partial charge is 0.0628 e. The summed E-state index contributed by atoms with van der Waals surface area (Å²) in [6.45, 7) is 12.2. The van der Waals surface area contributed by atoms with Crippen molar-refractivity contribution in [2.75, 3.05) is 6.54 Å². The average Bonchev–Trinajstić information content (AvgIpc) is 2.81. The van der Waals surface area contributed by atoms with Gasteiger partial charge in [0.25, 0.3) is 0 Å². The highest BCUT2D eigenvalue weighted by molar-refractivity contribution is 5.01. The minimum atomic E-state index is 0.453. The molecule has 0 bridgehead atoms. The Morgan fingerprint density at radius 1 is 1.28 bits per heavy atom. The van der Waals surface area contributed by atoms with Gasteiger partial charge in [-0.25, -0.2) is 0 Å². The molecule has 0 saturated carbocycles. The number of nitrogens with zero attached hydrogens (tertiary/aromatic N) is 2. The summed E-state index contributed by atoms with van der Waals surface area (Å²) in [6.07, 6.45) is 5.57. The van der Waals surface area contributed by atoms with Gasteiger partial charge in [-0.3, -0.25) is 4.68 Å². The Morgan fingerprint density at radius 2 is 2.00 bits per heavy atom. The molecule has 0 aliphatic rings. The van der Waals surface area contributed by atoms with Crippen LogP contribution >= 0.6 is 0 Å². The second-order valence-corrected chi connectivity index (χ2v) is 5.50. The van der Waals surface area contributed by atoms with Crippen molar-refractivity contribution in [2.24, 2.45) is 5.92 Å². The van der Waals surface area contributed by atoms with Gasteiger partial charge < -0.3 is 5.32 Å². The first-order valence-corrected chi connectivity index (χ1v) is 7.35. The van der Waals surface area contributed by atoms with Crippen molar-refractivity contribution < 1.29 is 0 Å². The predicted octanol–water partition coefficient (Wildman–Crippen LogP) is 3.42. The Morgan fingerprint density at radius 3 is 2.50 bits per heavy atom. The summed E-state index contributed by atoms with van der Waals surface area (Å²) < 4.78 is 2.05. The quantitative estimate of drug-likeness (QED) is 0.767. The first kappa shape index (κ1) is 15.2. The maximum absolute atomic E-state index is 4.65. The summed E-state index contributed by atoms with van der Waals surface area (Å²) in [5.74, 6) is 0.673. The highest BCUT2D eigenvalue weighted by Gasteiger charge is 2.16. The first-order chi connectivity index (χ1) is 8.58. The third kappa shape index (κ3) is 4.45. The SMILES string of the molecule is CCCNC(C)C(CC)Cc1ccn(C(C)C)n1. The van der Waals surface area contributed by atoms with Crippen molar-refractivity contribution in [3.63, 3.8) is 0 Å². The maximum Gasteiger partial charge on any atom is 0.0628 e. The summed E-state index contributed by atoms with van der Waals surface area (Å²) in [6, 6.07) is 3.18. The Labute approximate surface area is 112 Å². The van der Waals surface area contributed by atoms with Gasteiger partial charge in [0.05, 0.1) is 5.69 Å². The van der Waals surface area contributed by atoms with Crippen molar-refractivity contribution in [1.82, 2.24) is 15.1 Å². The molecule has 3 heteroatoms. The minimum Gasteiger partial charge on any atom is -0.314 e. The van der Waals surface area contributed by atoms with E-state index in [0.717, 1.165) is 13.0 Å². The number of rotatable bonds is 8. The van der Waals surface area contributed by atoms with E-state index < -0.39 is 0 Å². The Bertz CT molecular complexity index is 330.